The zero-order chi connectivity index (χ0) is 16.1. The van der Waals surface area contributed by atoms with Crippen LogP contribution in [-0.4, -0.2) is 47.9 Å². The first-order valence-corrected chi connectivity index (χ1v) is 7.23. The van der Waals surface area contributed by atoms with Crippen molar-refractivity contribution in [3.8, 4) is 5.75 Å². The van der Waals surface area contributed by atoms with Crippen LogP contribution in [0.2, 0.25) is 0 Å². The van der Waals surface area contributed by atoms with E-state index in [-0.39, 0.29) is 23.4 Å². The molecule has 0 radical (unpaired) electrons. The van der Waals surface area contributed by atoms with Gasteiger partial charge in [-0.2, -0.15) is 0 Å². The van der Waals surface area contributed by atoms with Gasteiger partial charge in [0.15, 0.2) is 0 Å². The highest BCUT2D eigenvalue weighted by atomic mass is 16.5. The summed E-state index contributed by atoms with van der Waals surface area (Å²) >= 11 is 0. The summed E-state index contributed by atoms with van der Waals surface area (Å²) in [5.41, 5.74) is 6.76. The second-order valence-electron chi connectivity index (χ2n) is 5.30. The highest BCUT2D eigenvalue weighted by molar-refractivity contribution is 6.12. The van der Waals surface area contributed by atoms with Crippen molar-refractivity contribution in [2.45, 2.75) is 18.9 Å². The number of allylic oxidation sites excluding steroid dienone is 1. The molecule has 1 aromatic rings. The predicted molar refractivity (Wildman–Crippen MR) is 86.5 cm³/mol. The van der Waals surface area contributed by atoms with Crippen molar-refractivity contribution in [2.24, 2.45) is 5.73 Å². The molecule has 6 nitrogen and oxygen atoms in total. The third-order valence-electron chi connectivity index (χ3n) is 3.87. The van der Waals surface area contributed by atoms with Crippen LogP contribution >= 0.6 is 0 Å². The number of hydrogen-bond acceptors (Lipinski definition) is 5. The van der Waals surface area contributed by atoms with Gasteiger partial charge in [-0.3, -0.25) is 5.41 Å². The Hall–Kier alpha value is -2.34. The quantitative estimate of drug-likeness (QED) is 0.490. The molecule has 0 aliphatic carbocycles. The van der Waals surface area contributed by atoms with Crippen molar-refractivity contribution in [3.05, 3.63) is 41.6 Å². The second-order valence-corrected chi connectivity index (χ2v) is 5.30. The first-order valence-electron chi connectivity index (χ1n) is 7.23. The number of ether oxygens (including phenoxy) is 1. The van der Waals surface area contributed by atoms with E-state index in [2.05, 4.69) is 0 Å². The number of phenolic OH excluding ortho intramolecular Hbond substituents is 1. The summed E-state index contributed by atoms with van der Waals surface area (Å²) in [4.78, 5) is 1.99. The SMILES string of the molecule is COC1CCN(/C(=C/C(=N)c2ccccc2O)C(=N)N)CC1. The summed E-state index contributed by atoms with van der Waals surface area (Å²) in [6.07, 6.45) is 3.52. The molecule has 1 heterocycles. The number of aromatic hydroxyl groups is 1. The van der Waals surface area contributed by atoms with E-state index in [1.54, 1.807) is 31.4 Å². The van der Waals surface area contributed by atoms with Gasteiger partial charge in [0.05, 0.1) is 17.5 Å². The number of methoxy groups -OCH3 is 1. The molecule has 1 fully saturated rings. The maximum Gasteiger partial charge on any atom is 0.139 e. The summed E-state index contributed by atoms with van der Waals surface area (Å²) < 4.78 is 5.34. The number of hydrogen-bond donors (Lipinski definition) is 4. The van der Waals surface area contributed by atoms with Crippen molar-refractivity contribution in [1.29, 1.82) is 10.8 Å². The van der Waals surface area contributed by atoms with Crippen molar-refractivity contribution >= 4 is 11.5 Å². The third kappa shape index (κ3) is 3.65. The highest BCUT2D eigenvalue weighted by Crippen LogP contribution is 2.20. The summed E-state index contributed by atoms with van der Waals surface area (Å²) in [5.74, 6) is -0.0271. The van der Waals surface area contributed by atoms with Crippen LogP contribution in [0, 0.1) is 10.8 Å². The van der Waals surface area contributed by atoms with E-state index in [1.165, 1.54) is 6.07 Å². The summed E-state index contributed by atoms with van der Waals surface area (Å²) in [6.45, 7) is 1.47. The minimum absolute atomic E-state index is 0.0461. The van der Waals surface area contributed by atoms with Crippen molar-refractivity contribution < 1.29 is 9.84 Å². The van der Waals surface area contributed by atoms with Crippen LogP contribution in [0.5, 0.6) is 5.75 Å². The maximum absolute atomic E-state index is 9.82. The molecule has 22 heavy (non-hydrogen) atoms. The number of benzene rings is 1. The Kier molecular flexibility index (Phi) is 5.16. The van der Waals surface area contributed by atoms with Crippen LogP contribution in [0.3, 0.4) is 0 Å². The number of nitrogens with zero attached hydrogens (tertiary/aromatic N) is 1. The maximum atomic E-state index is 9.82. The molecule has 1 saturated heterocycles. The van der Waals surface area contributed by atoms with E-state index in [1.807, 2.05) is 4.90 Å². The smallest absolute Gasteiger partial charge is 0.139 e. The number of amidine groups is 1. The van der Waals surface area contributed by atoms with Crippen LogP contribution in [0.4, 0.5) is 0 Å². The third-order valence-corrected chi connectivity index (χ3v) is 3.87. The number of phenols is 1. The average molecular weight is 302 g/mol. The second kappa shape index (κ2) is 7.09. The van der Waals surface area contributed by atoms with Gasteiger partial charge in [-0.15, -0.1) is 0 Å². The van der Waals surface area contributed by atoms with E-state index in [9.17, 15) is 5.11 Å². The topological polar surface area (TPSA) is 106 Å². The Labute approximate surface area is 130 Å². The molecule has 5 N–H and O–H groups in total. The van der Waals surface area contributed by atoms with Gasteiger partial charge in [0.2, 0.25) is 0 Å². The van der Waals surface area contributed by atoms with E-state index < -0.39 is 0 Å². The van der Waals surface area contributed by atoms with Crippen LogP contribution in [0.15, 0.2) is 36.0 Å². The molecular formula is C16H22N4O2. The standard InChI is InChI=1S/C16H22N4O2/c1-22-11-6-8-20(9-7-11)14(16(18)19)10-13(17)12-4-2-3-5-15(12)21/h2-5,10-11,17,21H,6-9H2,1H3,(H3,18,19)/b14-10+,17-13?. The normalized spacial score (nSPS) is 16.6. The molecule has 1 aliphatic heterocycles. The van der Waals surface area contributed by atoms with Crippen LogP contribution < -0.4 is 5.73 Å². The van der Waals surface area contributed by atoms with Gasteiger partial charge in [0.25, 0.3) is 0 Å². The van der Waals surface area contributed by atoms with E-state index >= 15 is 0 Å². The fourth-order valence-corrected chi connectivity index (χ4v) is 2.59. The monoisotopic (exact) mass is 302 g/mol. The fourth-order valence-electron chi connectivity index (χ4n) is 2.59. The van der Waals surface area contributed by atoms with Crippen LogP contribution in [0.25, 0.3) is 0 Å². The molecule has 0 saturated carbocycles. The molecular weight excluding hydrogens is 280 g/mol. The summed E-state index contributed by atoms with van der Waals surface area (Å²) in [6, 6.07) is 6.67. The lowest BCUT2D eigenvalue weighted by atomic mass is 10.0. The lowest BCUT2D eigenvalue weighted by Crippen LogP contribution is -2.40. The molecule has 1 aliphatic rings. The molecule has 0 unspecified atom stereocenters. The Morgan fingerprint density at radius 1 is 1.32 bits per heavy atom. The predicted octanol–water partition coefficient (Wildman–Crippen LogP) is 1.69. The number of likely N-dealkylation sites (tertiary alicyclic amines) is 1. The van der Waals surface area contributed by atoms with E-state index in [4.69, 9.17) is 21.3 Å². The Morgan fingerprint density at radius 2 is 1.95 bits per heavy atom. The van der Waals surface area contributed by atoms with E-state index in [0.717, 1.165) is 25.9 Å². The number of para-hydroxylation sites is 1. The van der Waals surface area contributed by atoms with Crippen molar-refractivity contribution in [3.63, 3.8) is 0 Å². The molecule has 0 bridgehead atoms. The number of nitrogens with two attached hydrogens (primary N) is 1. The lowest BCUT2D eigenvalue weighted by Gasteiger charge is -2.34. The van der Waals surface area contributed by atoms with Gasteiger partial charge < -0.3 is 25.9 Å². The van der Waals surface area contributed by atoms with E-state index in [0.29, 0.717) is 11.3 Å². The summed E-state index contributed by atoms with van der Waals surface area (Å²) in [5, 5.41) is 25.7. The van der Waals surface area contributed by atoms with Gasteiger partial charge in [-0.05, 0) is 31.1 Å². The highest BCUT2D eigenvalue weighted by Gasteiger charge is 2.22. The molecule has 1 aromatic carbocycles. The van der Waals surface area contributed by atoms with Gasteiger partial charge in [0.1, 0.15) is 11.6 Å². The number of nitrogens with one attached hydrogen (secondary N) is 2. The van der Waals surface area contributed by atoms with Crippen molar-refractivity contribution in [1.82, 2.24) is 4.90 Å². The fraction of sp³-hybridized carbons (Fsp3) is 0.375. The minimum atomic E-state index is -0.0731. The zero-order valence-electron chi connectivity index (χ0n) is 12.7. The first kappa shape index (κ1) is 16.0. The minimum Gasteiger partial charge on any atom is -0.507 e. The van der Waals surface area contributed by atoms with Gasteiger partial charge in [-0.25, -0.2) is 0 Å². The molecule has 0 spiro atoms. The lowest BCUT2D eigenvalue weighted by molar-refractivity contribution is 0.0518. The van der Waals surface area contributed by atoms with Gasteiger partial charge in [-0.1, -0.05) is 12.1 Å². The number of rotatable bonds is 5. The molecule has 0 aromatic heterocycles. The van der Waals surface area contributed by atoms with Crippen LogP contribution in [0.1, 0.15) is 18.4 Å². The molecule has 0 atom stereocenters. The molecule has 118 valence electrons. The Balaban J connectivity index is 2.19. The van der Waals surface area contributed by atoms with Gasteiger partial charge >= 0.3 is 0 Å². The molecule has 6 heteroatoms. The molecule has 0 amide bonds. The van der Waals surface area contributed by atoms with Gasteiger partial charge in [0, 0.05) is 25.8 Å². The average Bonchev–Trinajstić information content (AvgIpc) is 2.52. The van der Waals surface area contributed by atoms with Crippen LogP contribution in [-0.2, 0) is 4.74 Å². The molecule has 2 rings (SSSR count). The Bertz CT molecular complexity index is 590. The summed E-state index contributed by atoms with van der Waals surface area (Å²) in [7, 11) is 1.70. The van der Waals surface area contributed by atoms with Crippen molar-refractivity contribution in [2.75, 3.05) is 20.2 Å². The first-order chi connectivity index (χ1) is 10.5. The Morgan fingerprint density at radius 3 is 2.50 bits per heavy atom. The number of piperidine rings is 1. The largest absolute Gasteiger partial charge is 0.507 e. The zero-order valence-corrected chi connectivity index (χ0v) is 12.7.